The molecule has 0 aliphatic heterocycles. The maximum Gasteiger partial charge on any atom is 0.251 e. The van der Waals surface area contributed by atoms with E-state index in [1.807, 2.05) is 44.3 Å². The Morgan fingerprint density at radius 2 is 2.00 bits per heavy atom. The van der Waals surface area contributed by atoms with Crippen LogP contribution in [0.2, 0.25) is 0 Å². The van der Waals surface area contributed by atoms with E-state index >= 15 is 0 Å². The highest BCUT2D eigenvalue weighted by Gasteiger charge is 2.06. The predicted molar refractivity (Wildman–Crippen MR) is 75.0 cm³/mol. The van der Waals surface area contributed by atoms with Gasteiger partial charge in [0.05, 0.1) is 12.2 Å². The smallest absolute Gasteiger partial charge is 0.251 e. The van der Waals surface area contributed by atoms with E-state index in [1.54, 1.807) is 10.9 Å². The van der Waals surface area contributed by atoms with Crippen LogP contribution < -0.4 is 10.6 Å². The molecule has 5 nitrogen and oxygen atoms in total. The molecule has 0 aliphatic rings. The molecule has 1 aromatic carbocycles. The van der Waals surface area contributed by atoms with Crippen LogP contribution >= 0.6 is 0 Å². The molecule has 19 heavy (non-hydrogen) atoms. The summed E-state index contributed by atoms with van der Waals surface area (Å²) in [5.74, 6) is -0.0794. The van der Waals surface area contributed by atoms with Crippen LogP contribution in [0.4, 0.5) is 5.69 Å². The lowest BCUT2D eigenvalue weighted by molar-refractivity contribution is 0.0950. The van der Waals surface area contributed by atoms with Gasteiger partial charge in [0.15, 0.2) is 0 Å². The van der Waals surface area contributed by atoms with Crippen LogP contribution in [0.3, 0.4) is 0 Å². The highest BCUT2D eigenvalue weighted by atomic mass is 16.1. The molecule has 2 aromatic rings. The Kier molecular flexibility index (Phi) is 4.18. The minimum Gasteiger partial charge on any atom is -0.385 e. The van der Waals surface area contributed by atoms with Crippen molar-refractivity contribution in [2.45, 2.75) is 13.5 Å². The number of benzene rings is 1. The summed E-state index contributed by atoms with van der Waals surface area (Å²) in [5, 5.41) is 10.1. The Bertz CT molecular complexity index is 545. The number of aryl methyl sites for hydroxylation is 1. The minimum atomic E-state index is -0.0794. The van der Waals surface area contributed by atoms with E-state index in [-0.39, 0.29) is 5.91 Å². The lowest BCUT2D eigenvalue weighted by Gasteiger charge is -2.07. The fourth-order valence-corrected chi connectivity index (χ4v) is 1.79. The topological polar surface area (TPSA) is 59.0 Å². The first-order valence-corrected chi connectivity index (χ1v) is 6.29. The van der Waals surface area contributed by atoms with E-state index in [1.165, 1.54) is 0 Å². The predicted octanol–water partition coefficient (Wildman–Crippen LogP) is 1.78. The Labute approximate surface area is 112 Å². The van der Waals surface area contributed by atoms with Gasteiger partial charge in [-0.3, -0.25) is 9.48 Å². The lowest BCUT2D eigenvalue weighted by atomic mass is 10.2. The SMILES string of the molecule is CCNc1ccc(C(=O)NCc2ccnn2C)cc1. The Morgan fingerprint density at radius 1 is 1.26 bits per heavy atom. The van der Waals surface area contributed by atoms with Crippen molar-refractivity contribution in [2.75, 3.05) is 11.9 Å². The summed E-state index contributed by atoms with van der Waals surface area (Å²) < 4.78 is 1.74. The maximum atomic E-state index is 12.0. The van der Waals surface area contributed by atoms with Gasteiger partial charge in [-0.05, 0) is 37.3 Å². The Balaban J connectivity index is 1.94. The number of aromatic nitrogens is 2. The van der Waals surface area contributed by atoms with Gasteiger partial charge in [0.1, 0.15) is 0 Å². The monoisotopic (exact) mass is 258 g/mol. The van der Waals surface area contributed by atoms with Gasteiger partial charge in [-0.15, -0.1) is 0 Å². The summed E-state index contributed by atoms with van der Waals surface area (Å²) in [5.41, 5.74) is 2.65. The summed E-state index contributed by atoms with van der Waals surface area (Å²) in [4.78, 5) is 12.0. The molecule has 100 valence electrons. The van der Waals surface area contributed by atoms with Crippen LogP contribution in [0.25, 0.3) is 0 Å². The second-order valence-electron chi connectivity index (χ2n) is 4.24. The molecule has 0 saturated heterocycles. The minimum absolute atomic E-state index is 0.0794. The van der Waals surface area contributed by atoms with Gasteiger partial charge in [0, 0.05) is 31.0 Å². The van der Waals surface area contributed by atoms with E-state index in [0.29, 0.717) is 12.1 Å². The van der Waals surface area contributed by atoms with E-state index in [2.05, 4.69) is 15.7 Å². The standard InChI is InChI=1S/C14H18N4O/c1-3-15-12-6-4-11(5-7-12)14(19)16-10-13-8-9-17-18(13)2/h4-9,15H,3,10H2,1-2H3,(H,16,19). The first kappa shape index (κ1) is 13.1. The van der Waals surface area contributed by atoms with Crippen molar-refractivity contribution in [1.29, 1.82) is 0 Å². The fourth-order valence-electron chi connectivity index (χ4n) is 1.79. The van der Waals surface area contributed by atoms with Gasteiger partial charge in [-0.1, -0.05) is 0 Å². The first-order valence-electron chi connectivity index (χ1n) is 6.29. The molecule has 1 aromatic heterocycles. The van der Waals surface area contributed by atoms with Gasteiger partial charge in [-0.2, -0.15) is 5.10 Å². The quantitative estimate of drug-likeness (QED) is 0.859. The zero-order chi connectivity index (χ0) is 13.7. The van der Waals surface area contributed by atoms with Crippen LogP contribution in [0.1, 0.15) is 23.0 Å². The average Bonchev–Trinajstić information content (AvgIpc) is 2.83. The van der Waals surface area contributed by atoms with Crippen LogP contribution in [-0.2, 0) is 13.6 Å². The summed E-state index contributed by atoms with van der Waals surface area (Å²) >= 11 is 0. The molecule has 0 aliphatic carbocycles. The molecule has 5 heteroatoms. The Hall–Kier alpha value is -2.30. The molecule has 1 amide bonds. The van der Waals surface area contributed by atoms with Crippen molar-refractivity contribution in [3.63, 3.8) is 0 Å². The number of carbonyl (C=O) groups excluding carboxylic acids is 1. The zero-order valence-electron chi connectivity index (χ0n) is 11.2. The van der Waals surface area contributed by atoms with Gasteiger partial charge >= 0.3 is 0 Å². The van der Waals surface area contributed by atoms with E-state index in [9.17, 15) is 4.79 Å². The molecule has 0 bridgehead atoms. The van der Waals surface area contributed by atoms with Crippen molar-refractivity contribution in [3.05, 3.63) is 47.8 Å². The molecule has 0 atom stereocenters. The third-order valence-corrected chi connectivity index (χ3v) is 2.88. The molecule has 0 spiro atoms. The molecular formula is C14H18N4O. The average molecular weight is 258 g/mol. The van der Waals surface area contributed by atoms with Crippen molar-refractivity contribution >= 4 is 11.6 Å². The number of carbonyl (C=O) groups is 1. The number of anilines is 1. The van der Waals surface area contributed by atoms with Crippen LogP contribution in [0.5, 0.6) is 0 Å². The highest BCUT2D eigenvalue weighted by molar-refractivity contribution is 5.94. The molecule has 0 radical (unpaired) electrons. The summed E-state index contributed by atoms with van der Waals surface area (Å²) in [6, 6.07) is 9.33. The Morgan fingerprint density at radius 3 is 2.58 bits per heavy atom. The third-order valence-electron chi connectivity index (χ3n) is 2.88. The van der Waals surface area contributed by atoms with Crippen molar-refractivity contribution in [2.24, 2.45) is 7.05 Å². The number of hydrogen-bond acceptors (Lipinski definition) is 3. The highest BCUT2D eigenvalue weighted by Crippen LogP contribution is 2.09. The molecule has 0 fully saturated rings. The van der Waals surface area contributed by atoms with Crippen molar-refractivity contribution in [3.8, 4) is 0 Å². The van der Waals surface area contributed by atoms with E-state index in [4.69, 9.17) is 0 Å². The van der Waals surface area contributed by atoms with Crippen LogP contribution in [-0.4, -0.2) is 22.2 Å². The van der Waals surface area contributed by atoms with E-state index in [0.717, 1.165) is 17.9 Å². The summed E-state index contributed by atoms with van der Waals surface area (Å²) in [7, 11) is 1.85. The van der Waals surface area contributed by atoms with Gasteiger partial charge < -0.3 is 10.6 Å². The number of hydrogen-bond donors (Lipinski definition) is 2. The first-order chi connectivity index (χ1) is 9.20. The number of nitrogens with zero attached hydrogens (tertiary/aromatic N) is 2. The third kappa shape index (κ3) is 3.34. The number of rotatable bonds is 5. The zero-order valence-corrected chi connectivity index (χ0v) is 11.2. The lowest BCUT2D eigenvalue weighted by Crippen LogP contribution is -2.24. The second-order valence-corrected chi connectivity index (χ2v) is 4.24. The van der Waals surface area contributed by atoms with E-state index < -0.39 is 0 Å². The normalized spacial score (nSPS) is 10.2. The molecule has 2 rings (SSSR count). The van der Waals surface area contributed by atoms with Gasteiger partial charge in [-0.25, -0.2) is 0 Å². The summed E-state index contributed by atoms with van der Waals surface area (Å²) in [6.45, 7) is 3.38. The van der Waals surface area contributed by atoms with Gasteiger partial charge in [0.25, 0.3) is 5.91 Å². The van der Waals surface area contributed by atoms with Crippen molar-refractivity contribution < 1.29 is 4.79 Å². The van der Waals surface area contributed by atoms with Crippen LogP contribution in [0, 0.1) is 0 Å². The second kappa shape index (κ2) is 6.04. The molecule has 0 unspecified atom stereocenters. The molecule has 1 heterocycles. The maximum absolute atomic E-state index is 12.0. The molecule has 0 saturated carbocycles. The molecule has 2 N–H and O–H groups in total. The fraction of sp³-hybridized carbons (Fsp3) is 0.286. The largest absolute Gasteiger partial charge is 0.385 e. The summed E-state index contributed by atoms with van der Waals surface area (Å²) in [6.07, 6.45) is 1.71. The number of amides is 1. The van der Waals surface area contributed by atoms with Crippen molar-refractivity contribution in [1.82, 2.24) is 15.1 Å². The van der Waals surface area contributed by atoms with Crippen LogP contribution in [0.15, 0.2) is 36.5 Å². The number of nitrogens with one attached hydrogen (secondary N) is 2. The molecular weight excluding hydrogens is 240 g/mol. The van der Waals surface area contributed by atoms with Gasteiger partial charge in [0.2, 0.25) is 0 Å².